The van der Waals surface area contributed by atoms with Crippen LogP contribution in [0.4, 0.5) is 5.88 Å². The van der Waals surface area contributed by atoms with Gasteiger partial charge in [0.1, 0.15) is 11.8 Å². The van der Waals surface area contributed by atoms with E-state index in [1.165, 1.54) is 0 Å². The third-order valence-corrected chi connectivity index (χ3v) is 5.08. The van der Waals surface area contributed by atoms with Gasteiger partial charge in [0.15, 0.2) is 0 Å². The lowest BCUT2D eigenvalue weighted by Gasteiger charge is -2.35. The van der Waals surface area contributed by atoms with Gasteiger partial charge in [0, 0.05) is 32.0 Å². The van der Waals surface area contributed by atoms with Gasteiger partial charge in [-0.1, -0.05) is 12.1 Å². The van der Waals surface area contributed by atoms with Crippen LogP contribution in [0.1, 0.15) is 17.3 Å². The van der Waals surface area contributed by atoms with Gasteiger partial charge in [0.25, 0.3) is 0 Å². The fraction of sp³-hybridized carbons (Fsp3) is 0.318. The Hall–Kier alpha value is -3.41. The van der Waals surface area contributed by atoms with Crippen molar-refractivity contribution < 1.29 is 13.9 Å². The fourth-order valence-electron chi connectivity index (χ4n) is 3.49. The summed E-state index contributed by atoms with van der Waals surface area (Å²) in [6.45, 7) is 3.62. The smallest absolute Gasteiger partial charge is 0.232 e. The maximum absolute atomic E-state index is 9.50. The lowest BCUT2D eigenvalue weighted by Crippen LogP contribution is -2.41. The minimum absolute atomic E-state index is 0.0818. The molecular weight excluding hydrogens is 382 g/mol. The highest BCUT2D eigenvalue weighted by Crippen LogP contribution is 2.28. The number of ether oxygens (including phenoxy) is 2. The number of hydrogen-bond acceptors (Lipinski definition) is 8. The Morgan fingerprint density at radius 2 is 2.03 bits per heavy atom. The summed E-state index contributed by atoms with van der Waals surface area (Å²) in [6, 6.07) is 13.9. The van der Waals surface area contributed by atoms with Crippen molar-refractivity contribution in [2.75, 3.05) is 45.3 Å². The molecule has 1 aromatic carbocycles. The Kier molecular flexibility index (Phi) is 6.23. The van der Waals surface area contributed by atoms with Crippen molar-refractivity contribution in [2.45, 2.75) is 6.04 Å². The lowest BCUT2D eigenvalue weighted by atomic mass is 10.0. The monoisotopic (exact) mass is 405 g/mol. The molecule has 0 aliphatic carbocycles. The Balaban J connectivity index is 1.56. The predicted molar refractivity (Wildman–Crippen MR) is 111 cm³/mol. The number of hydrogen-bond donors (Lipinski definition) is 1. The number of nitrogens with one attached hydrogen (secondary N) is 1. The van der Waals surface area contributed by atoms with E-state index < -0.39 is 0 Å². The summed E-state index contributed by atoms with van der Waals surface area (Å²) in [7, 11) is 1.66. The Morgan fingerprint density at radius 1 is 1.23 bits per heavy atom. The molecule has 4 rings (SSSR count). The molecule has 3 heterocycles. The average Bonchev–Trinajstić information content (AvgIpc) is 3.24. The Labute approximate surface area is 175 Å². The maximum atomic E-state index is 9.50. The molecule has 30 heavy (non-hydrogen) atoms. The van der Waals surface area contributed by atoms with E-state index in [1.807, 2.05) is 18.2 Å². The van der Waals surface area contributed by atoms with Crippen LogP contribution < -0.4 is 10.1 Å². The van der Waals surface area contributed by atoms with Crippen LogP contribution in [0.15, 0.2) is 53.2 Å². The van der Waals surface area contributed by atoms with E-state index >= 15 is 0 Å². The third-order valence-electron chi connectivity index (χ3n) is 5.08. The molecule has 1 unspecified atom stereocenters. The molecule has 3 aromatic rings. The molecule has 0 radical (unpaired) electrons. The number of anilines is 1. The molecule has 2 aromatic heterocycles. The van der Waals surface area contributed by atoms with Gasteiger partial charge >= 0.3 is 0 Å². The maximum Gasteiger partial charge on any atom is 0.232 e. The molecule has 1 aliphatic rings. The number of nitrogens with zero attached hydrogens (tertiary/aromatic N) is 4. The number of morpholine rings is 1. The zero-order chi connectivity index (χ0) is 20.8. The number of pyridine rings is 1. The molecule has 154 valence electrons. The van der Waals surface area contributed by atoms with Crippen LogP contribution in [0.5, 0.6) is 5.75 Å². The molecule has 0 spiro atoms. The quantitative estimate of drug-likeness (QED) is 0.641. The molecule has 1 fully saturated rings. The van der Waals surface area contributed by atoms with Gasteiger partial charge in [0.2, 0.25) is 17.5 Å². The second-order valence-electron chi connectivity index (χ2n) is 6.87. The summed E-state index contributed by atoms with van der Waals surface area (Å²) >= 11 is 0. The van der Waals surface area contributed by atoms with Crippen LogP contribution in [0.25, 0.3) is 11.5 Å². The molecule has 8 nitrogen and oxygen atoms in total. The first-order valence-corrected chi connectivity index (χ1v) is 9.79. The second kappa shape index (κ2) is 9.39. The van der Waals surface area contributed by atoms with Crippen LogP contribution in [0, 0.1) is 11.3 Å². The number of nitriles is 1. The molecule has 1 saturated heterocycles. The number of methoxy groups -OCH3 is 1. The predicted octanol–water partition coefficient (Wildman–Crippen LogP) is 3.10. The summed E-state index contributed by atoms with van der Waals surface area (Å²) in [5.41, 5.74) is 2.10. The fourth-order valence-corrected chi connectivity index (χ4v) is 3.49. The van der Waals surface area contributed by atoms with Crippen molar-refractivity contribution in [1.82, 2.24) is 14.9 Å². The van der Waals surface area contributed by atoms with Gasteiger partial charge in [-0.15, -0.1) is 0 Å². The summed E-state index contributed by atoms with van der Waals surface area (Å²) in [4.78, 5) is 10.8. The summed E-state index contributed by atoms with van der Waals surface area (Å²) in [5.74, 6) is 1.55. The first kappa shape index (κ1) is 19.9. The topological polar surface area (TPSA) is 96.4 Å². The largest absolute Gasteiger partial charge is 0.497 e. The standard InChI is InChI=1S/C22H23N5O3/c1-28-18-6-4-16(5-7-18)20(27-9-11-29-12-10-27)15-25-22-19(13-23)26-21(30-22)17-3-2-8-24-14-17/h2-8,14,20,25H,9-12,15H2,1H3. The molecule has 0 saturated carbocycles. The van der Waals surface area contributed by atoms with Crippen molar-refractivity contribution >= 4 is 5.88 Å². The second-order valence-corrected chi connectivity index (χ2v) is 6.87. The van der Waals surface area contributed by atoms with Gasteiger partial charge < -0.3 is 19.2 Å². The van der Waals surface area contributed by atoms with Gasteiger partial charge in [-0.05, 0) is 29.8 Å². The molecule has 8 heteroatoms. The SMILES string of the molecule is COc1ccc(C(CNc2oc(-c3cccnc3)nc2C#N)N2CCOCC2)cc1. The first-order chi connectivity index (χ1) is 14.8. The zero-order valence-corrected chi connectivity index (χ0v) is 16.7. The van der Waals surface area contributed by atoms with E-state index in [-0.39, 0.29) is 11.7 Å². The van der Waals surface area contributed by atoms with Crippen molar-refractivity contribution in [1.29, 1.82) is 5.26 Å². The summed E-state index contributed by atoms with van der Waals surface area (Å²) < 4.78 is 16.7. The van der Waals surface area contributed by atoms with Crippen LogP contribution in [-0.2, 0) is 4.74 Å². The minimum atomic E-state index is 0.0818. The van der Waals surface area contributed by atoms with Crippen molar-refractivity contribution in [3.63, 3.8) is 0 Å². The Morgan fingerprint density at radius 3 is 2.70 bits per heavy atom. The van der Waals surface area contributed by atoms with E-state index in [1.54, 1.807) is 25.6 Å². The number of aromatic nitrogens is 2. The Bertz CT molecular complexity index is 992. The molecule has 0 bridgehead atoms. The van der Waals surface area contributed by atoms with Gasteiger partial charge in [-0.25, -0.2) is 0 Å². The van der Waals surface area contributed by atoms with Crippen molar-refractivity contribution in [3.05, 3.63) is 60.0 Å². The first-order valence-electron chi connectivity index (χ1n) is 9.79. The molecule has 0 amide bonds. The molecule has 1 aliphatic heterocycles. The van der Waals surface area contributed by atoms with E-state index in [0.29, 0.717) is 31.5 Å². The third kappa shape index (κ3) is 4.43. The van der Waals surface area contributed by atoms with Gasteiger partial charge in [-0.3, -0.25) is 9.88 Å². The van der Waals surface area contributed by atoms with E-state index in [2.05, 4.69) is 38.4 Å². The van der Waals surface area contributed by atoms with Crippen LogP contribution in [0.3, 0.4) is 0 Å². The normalized spacial score (nSPS) is 15.3. The minimum Gasteiger partial charge on any atom is -0.497 e. The summed E-state index contributed by atoms with van der Waals surface area (Å²) in [5, 5.41) is 12.8. The molecular formula is C22H23N5O3. The van der Waals surface area contributed by atoms with E-state index in [4.69, 9.17) is 13.9 Å². The van der Waals surface area contributed by atoms with Crippen LogP contribution in [0.2, 0.25) is 0 Å². The average molecular weight is 405 g/mol. The van der Waals surface area contributed by atoms with E-state index in [0.717, 1.165) is 30.0 Å². The lowest BCUT2D eigenvalue weighted by molar-refractivity contribution is 0.0186. The number of oxazole rings is 1. The van der Waals surface area contributed by atoms with Crippen molar-refractivity contribution in [3.8, 4) is 23.3 Å². The van der Waals surface area contributed by atoms with Gasteiger partial charge in [-0.2, -0.15) is 10.2 Å². The highest BCUT2D eigenvalue weighted by atomic mass is 16.5. The molecule has 1 atom stereocenters. The van der Waals surface area contributed by atoms with E-state index in [9.17, 15) is 5.26 Å². The number of benzene rings is 1. The van der Waals surface area contributed by atoms with Crippen LogP contribution >= 0.6 is 0 Å². The van der Waals surface area contributed by atoms with Gasteiger partial charge in [0.05, 0.1) is 31.9 Å². The summed E-state index contributed by atoms with van der Waals surface area (Å²) in [6.07, 6.45) is 3.34. The highest BCUT2D eigenvalue weighted by molar-refractivity contribution is 5.57. The molecule has 1 N–H and O–H groups in total. The zero-order valence-electron chi connectivity index (χ0n) is 16.7. The van der Waals surface area contributed by atoms with Crippen LogP contribution in [-0.4, -0.2) is 54.8 Å². The van der Waals surface area contributed by atoms with Crippen molar-refractivity contribution in [2.24, 2.45) is 0 Å². The highest BCUT2D eigenvalue weighted by Gasteiger charge is 2.24. The number of rotatable bonds is 7.